The molecule has 3 nitrogen and oxygen atoms in total. The average Bonchev–Trinajstić information content (AvgIpc) is 2.73. The summed E-state index contributed by atoms with van der Waals surface area (Å²) < 4.78 is 0. The Labute approximate surface area is 126 Å². The Bertz CT molecular complexity index is 507. The molecule has 0 aromatic heterocycles. The molecule has 0 saturated heterocycles. The standard InChI is InChI=1S/C18H23NO2/c1-2-9-19(12-17(20)21)18-15-7-8-16(18)11-14-6-4-3-5-13(14)10-15/h2-6,15-16,18H,1,7-12H2,(H,20,21). The van der Waals surface area contributed by atoms with Crippen LogP contribution in [0, 0.1) is 11.8 Å². The van der Waals surface area contributed by atoms with Gasteiger partial charge in [0.25, 0.3) is 0 Å². The summed E-state index contributed by atoms with van der Waals surface area (Å²) in [4.78, 5) is 13.3. The molecular formula is C18H23NO2. The van der Waals surface area contributed by atoms with Gasteiger partial charge in [0.05, 0.1) is 6.54 Å². The summed E-state index contributed by atoms with van der Waals surface area (Å²) in [5.41, 5.74) is 2.92. The minimum Gasteiger partial charge on any atom is -0.480 e. The molecule has 2 bridgehead atoms. The van der Waals surface area contributed by atoms with E-state index in [2.05, 4.69) is 35.7 Å². The molecule has 1 N–H and O–H groups in total. The zero-order valence-corrected chi connectivity index (χ0v) is 12.4. The number of benzene rings is 1. The Morgan fingerprint density at radius 2 is 1.81 bits per heavy atom. The Morgan fingerprint density at radius 3 is 2.29 bits per heavy atom. The average molecular weight is 285 g/mol. The van der Waals surface area contributed by atoms with Crippen LogP contribution in [-0.4, -0.2) is 35.1 Å². The van der Waals surface area contributed by atoms with Gasteiger partial charge in [0.15, 0.2) is 0 Å². The highest BCUT2D eigenvalue weighted by Gasteiger charge is 2.42. The van der Waals surface area contributed by atoms with Gasteiger partial charge in [-0.05, 0) is 48.6 Å². The van der Waals surface area contributed by atoms with E-state index in [0.29, 0.717) is 24.4 Å². The molecule has 1 fully saturated rings. The first-order valence-electron chi connectivity index (χ1n) is 7.82. The Kier molecular flexibility index (Phi) is 4.11. The minimum absolute atomic E-state index is 0.125. The van der Waals surface area contributed by atoms with Crippen molar-refractivity contribution in [1.82, 2.24) is 4.90 Å². The maximum absolute atomic E-state index is 11.2. The van der Waals surface area contributed by atoms with Crippen LogP contribution in [0.1, 0.15) is 24.0 Å². The summed E-state index contributed by atoms with van der Waals surface area (Å²) in [6, 6.07) is 9.09. The zero-order valence-electron chi connectivity index (χ0n) is 12.4. The maximum Gasteiger partial charge on any atom is 0.317 e. The zero-order chi connectivity index (χ0) is 14.8. The largest absolute Gasteiger partial charge is 0.480 e. The molecule has 3 rings (SSSR count). The van der Waals surface area contributed by atoms with Crippen LogP contribution < -0.4 is 0 Å². The van der Waals surface area contributed by atoms with Crippen LogP contribution in [0.3, 0.4) is 0 Å². The molecular weight excluding hydrogens is 262 g/mol. The summed E-state index contributed by atoms with van der Waals surface area (Å²) in [7, 11) is 0. The fraction of sp³-hybridized carbons (Fsp3) is 0.500. The highest BCUT2D eigenvalue weighted by molar-refractivity contribution is 5.69. The molecule has 2 atom stereocenters. The molecule has 0 spiro atoms. The minimum atomic E-state index is -0.738. The van der Waals surface area contributed by atoms with Crippen molar-refractivity contribution >= 4 is 5.97 Å². The molecule has 2 aliphatic carbocycles. The number of carboxylic acids is 1. The van der Waals surface area contributed by atoms with Gasteiger partial charge in [-0.25, -0.2) is 0 Å². The Hall–Kier alpha value is -1.61. The number of hydrogen-bond donors (Lipinski definition) is 1. The SMILES string of the molecule is C=CCN(CC(=O)O)C1C2CCC1Cc1ccccc1C2. The monoisotopic (exact) mass is 285 g/mol. The Morgan fingerprint density at radius 1 is 1.24 bits per heavy atom. The molecule has 0 radical (unpaired) electrons. The van der Waals surface area contributed by atoms with Gasteiger partial charge in [0.2, 0.25) is 0 Å². The predicted molar refractivity (Wildman–Crippen MR) is 83.3 cm³/mol. The number of aliphatic carboxylic acids is 1. The van der Waals surface area contributed by atoms with E-state index in [9.17, 15) is 9.90 Å². The van der Waals surface area contributed by atoms with Crippen LogP contribution in [0.15, 0.2) is 36.9 Å². The molecule has 0 aliphatic heterocycles. The van der Waals surface area contributed by atoms with Crippen molar-refractivity contribution < 1.29 is 9.90 Å². The van der Waals surface area contributed by atoms with E-state index in [0.717, 1.165) is 12.8 Å². The van der Waals surface area contributed by atoms with Crippen molar-refractivity contribution in [3.05, 3.63) is 48.0 Å². The summed E-state index contributed by atoms with van der Waals surface area (Å²) in [5.74, 6) is 0.425. The molecule has 1 aromatic carbocycles. The molecule has 21 heavy (non-hydrogen) atoms. The quantitative estimate of drug-likeness (QED) is 0.846. The van der Waals surface area contributed by atoms with Crippen LogP contribution in [0.4, 0.5) is 0 Å². The molecule has 1 saturated carbocycles. The first-order valence-corrected chi connectivity index (χ1v) is 7.82. The molecule has 2 aliphatic rings. The summed E-state index contributed by atoms with van der Waals surface area (Å²) in [5, 5.41) is 9.20. The predicted octanol–water partition coefficient (Wildman–Crippen LogP) is 2.75. The van der Waals surface area contributed by atoms with E-state index in [1.165, 1.54) is 24.0 Å². The van der Waals surface area contributed by atoms with Gasteiger partial charge in [-0.15, -0.1) is 6.58 Å². The van der Waals surface area contributed by atoms with Crippen molar-refractivity contribution in [2.45, 2.75) is 31.7 Å². The van der Waals surface area contributed by atoms with E-state index >= 15 is 0 Å². The van der Waals surface area contributed by atoms with Crippen molar-refractivity contribution in [2.75, 3.05) is 13.1 Å². The van der Waals surface area contributed by atoms with Crippen molar-refractivity contribution in [2.24, 2.45) is 11.8 Å². The smallest absolute Gasteiger partial charge is 0.317 e. The number of hydrogen-bond acceptors (Lipinski definition) is 2. The Balaban J connectivity index is 1.87. The molecule has 2 unspecified atom stereocenters. The molecule has 0 amide bonds. The van der Waals surface area contributed by atoms with E-state index in [-0.39, 0.29) is 6.54 Å². The first kappa shape index (κ1) is 14.3. The van der Waals surface area contributed by atoms with Crippen molar-refractivity contribution in [1.29, 1.82) is 0 Å². The van der Waals surface area contributed by atoms with Gasteiger partial charge in [0, 0.05) is 12.6 Å². The summed E-state index contributed by atoms with van der Waals surface area (Å²) >= 11 is 0. The van der Waals surface area contributed by atoms with Crippen LogP contribution in [0.2, 0.25) is 0 Å². The van der Waals surface area contributed by atoms with Gasteiger partial charge in [-0.1, -0.05) is 30.3 Å². The van der Waals surface area contributed by atoms with Crippen LogP contribution in [0.25, 0.3) is 0 Å². The number of fused-ring (bicyclic) bond motifs is 3. The molecule has 0 heterocycles. The van der Waals surface area contributed by atoms with Crippen molar-refractivity contribution in [3.63, 3.8) is 0 Å². The number of carboxylic acid groups (broad SMARTS) is 1. The van der Waals surface area contributed by atoms with E-state index < -0.39 is 5.97 Å². The van der Waals surface area contributed by atoms with Gasteiger partial charge in [-0.2, -0.15) is 0 Å². The van der Waals surface area contributed by atoms with Crippen LogP contribution in [0.5, 0.6) is 0 Å². The van der Waals surface area contributed by atoms with Gasteiger partial charge >= 0.3 is 5.97 Å². The van der Waals surface area contributed by atoms with E-state index in [1.807, 2.05) is 6.08 Å². The van der Waals surface area contributed by atoms with Gasteiger partial charge in [0.1, 0.15) is 0 Å². The second kappa shape index (κ2) is 6.02. The first-order chi connectivity index (χ1) is 10.2. The highest BCUT2D eigenvalue weighted by Crippen LogP contribution is 2.42. The van der Waals surface area contributed by atoms with E-state index in [4.69, 9.17) is 0 Å². The summed E-state index contributed by atoms with van der Waals surface area (Å²) in [6.07, 6.45) is 6.45. The lowest BCUT2D eigenvalue weighted by Crippen LogP contribution is -2.45. The van der Waals surface area contributed by atoms with E-state index in [1.54, 1.807) is 0 Å². The fourth-order valence-corrected chi connectivity index (χ4v) is 4.35. The van der Waals surface area contributed by atoms with Crippen LogP contribution >= 0.6 is 0 Å². The third kappa shape index (κ3) is 2.88. The third-order valence-electron chi connectivity index (χ3n) is 5.08. The van der Waals surface area contributed by atoms with Gasteiger partial charge in [-0.3, -0.25) is 9.69 Å². The topological polar surface area (TPSA) is 40.5 Å². The lowest BCUT2D eigenvalue weighted by Gasteiger charge is -2.33. The molecule has 3 heteroatoms. The second-order valence-electron chi connectivity index (χ2n) is 6.38. The number of rotatable bonds is 5. The van der Waals surface area contributed by atoms with Crippen LogP contribution in [-0.2, 0) is 17.6 Å². The molecule has 112 valence electrons. The highest BCUT2D eigenvalue weighted by atomic mass is 16.4. The maximum atomic E-state index is 11.2. The lowest BCUT2D eigenvalue weighted by atomic mass is 9.93. The molecule has 1 aromatic rings. The summed E-state index contributed by atoms with van der Waals surface area (Å²) in [6.45, 7) is 4.59. The van der Waals surface area contributed by atoms with Crippen molar-refractivity contribution in [3.8, 4) is 0 Å². The normalized spacial score (nSPS) is 27.2. The fourth-order valence-electron chi connectivity index (χ4n) is 4.35. The number of nitrogens with zero attached hydrogens (tertiary/aromatic N) is 1. The third-order valence-corrected chi connectivity index (χ3v) is 5.08. The lowest BCUT2D eigenvalue weighted by molar-refractivity contribution is -0.139. The van der Waals surface area contributed by atoms with Gasteiger partial charge < -0.3 is 5.11 Å². The number of carbonyl (C=O) groups is 1. The second-order valence-corrected chi connectivity index (χ2v) is 6.38.